The van der Waals surface area contributed by atoms with Crippen LogP contribution < -0.4 is 0 Å². The number of carbonyl (C=O) groups is 1. The highest BCUT2D eigenvalue weighted by Crippen LogP contribution is 2.35. The molecule has 3 aliphatic rings. The van der Waals surface area contributed by atoms with E-state index in [0.717, 1.165) is 24.0 Å². The second kappa shape index (κ2) is 3.20. The molecule has 0 saturated carbocycles. The zero-order valence-corrected chi connectivity index (χ0v) is 8.49. The summed E-state index contributed by atoms with van der Waals surface area (Å²) in [6.45, 7) is 0. The first-order chi connectivity index (χ1) is 7.36. The SMILES string of the molecule is O=C1CCCc2cc3cccccc-3c21. The maximum atomic E-state index is 11.9. The minimum absolute atomic E-state index is 0.317. The molecule has 0 bridgehead atoms. The van der Waals surface area contributed by atoms with E-state index >= 15 is 0 Å². The average Bonchev–Trinajstić information content (AvgIpc) is 2.43. The number of fused-ring (bicyclic) bond motifs is 3. The molecule has 0 aromatic carbocycles. The molecule has 0 aromatic rings. The van der Waals surface area contributed by atoms with Gasteiger partial charge in [0.25, 0.3) is 0 Å². The summed E-state index contributed by atoms with van der Waals surface area (Å²) in [6.07, 6.45) is 2.78. The summed E-state index contributed by atoms with van der Waals surface area (Å²) in [5.74, 6) is 0.317. The molecule has 0 aliphatic heterocycles. The maximum absolute atomic E-state index is 11.9. The van der Waals surface area contributed by atoms with Crippen LogP contribution in [0.2, 0.25) is 0 Å². The third-order valence-corrected chi connectivity index (χ3v) is 3.12. The van der Waals surface area contributed by atoms with Crippen LogP contribution in [-0.2, 0) is 6.42 Å². The van der Waals surface area contributed by atoms with Gasteiger partial charge in [-0.1, -0.05) is 36.4 Å². The van der Waals surface area contributed by atoms with Crippen molar-refractivity contribution in [3.05, 3.63) is 47.5 Å². The highest BCUT2D eigenvalue weighted by Gasteiger charge is 2.23. The topological polar surface area (TPSA) is 17.1 Å². The standard InChI is InChI=1S/C14H12O/c15-13-8-4-6-11-9-10-5-2-1-3-7-12(10)14(11)13/h1-3,5,7,9H,4,6,8H2. The van der Waals surface area contributed by atoms with Crippen LogP contribution in [-0.4, -0.2) is 5.78 Å². The Morgan fingerprint density at radius 3 is 2.80 bits per heavy atom. The Morgan fingerprint density at radius 1 is 1.00 bits per heavy atom. The summed E-state index contributed by atoms with van der Waals surface area (Å²) in [5.41, 5.74) is 4.54. The highest BCUT2D eigenvalue weighted by molar-refractivity contribution is 6.06. The van der Waals surface area contributed by atoms with E-state index in [2.05, 4.69) is 18.2 Å². The summed E-state index contributed by atoms with van der Waals surface area (Å²) >= 11 is 0. The molecule has 15 heavy (non-hydrogen) atoms. The lowest BCUT2D eigenvalue weighted by Gasteiger charge is -2.10. The zero-order chi connectivity index (χ0) is 10.3. The van der Waals surface area contributed by atoms with Crippen molar-refractivity contribution in [3.63, 3.8) is 0 Å². The number of carbonyl (C=O) groups excluding carboxylic acids is 1. The van der Waals surface area contributed by atoms with Gasteiger partial charge in [0.15, 0.2) is 5.78 Å². The van der Waals surface area contributed by atoms with Crippen LogP contribution in [0.5, 0.6) is 0 Å². The zero-order valence-electron chi connectivity index (χ0n) is 8.49. The van der Waals surface area contributed by atoms with Gasteiger partial charge in [-0.2, -0.15) is 0 Å². The van der Waals surface area contributed by atoms with Gasteiger partial charge in [-0.15, -0.1) is 0 Å². The van der Waals surface area contributed by atoms with Crippen molar-refractivity contribution in [3.8, 4) is 11.1 Å². The Hall–Kier alpha value is -1.63. The van der Waals surface area contributed by atoms with Crippen LogP contribution >= 0.6 is 0 Å². The predicted octanol–water partition coefficient (Wildman–Crippen LogP) is 3.31. The quantitative estimate of drug-likeness (QED) is 0.631. The van der Waals surface area contributed by atoms with E-state index in [1.807, 2.05) is 18.2 Å². The van der Waals surface area contributed by atoms with Crippen molar-refractivity contribution in [2.75, 3.05) is 0 Å². The molecular weight excluding hydrogens is 184 g/mol. The largest absolute Gasteiger partial charge is 0.294 e. The summed E-state index contributed by atoms with van der Waals surface area (Å²) in [4.78, 5) is 11.9. The molecule has 0 amide bonds. The molecule has 0 aromatic heterocycles. The molecule has 0 N–H and O–H groups in total. The van der Waals surface area contributed by atoms with Gasteiger partial charge in [-0.05, 0) is 29.5 Å². The van der Waals surface area contributed by atoms with E-state index in [-0.39, 0.29) is 0 Å². The first kappa shape index (κ1) is 8.66. The number of Topliss-reactive ketones (excluding diaryl/α,β-unsaturated/α-hetero) is 1. The van der Waals surface area contributed by atoms with Crippen molar-refractivity contribution >= 4 is 5.78 Å². The minimum atomic E-state index is 0.317. The van der Waals surface area contributed by atoms with Gasteiger partial charge >= 0.3 is 0 Å². The first-order valence-electron chi connectivity index (χ1n) is 5.40. The molecule has 0 spiro atoms. The maximum Gasteiger partial charge on any atom is 0.163 e. The molecule has 1 heteroatoms. The molecule has 3 aliphatic carbocycles. The van der Waals surface area contributed by atoms with E-state index in [4.69, 9.17) is 0 Å². The van der Waals surface area contributed by atoms with Gasteiger partial charge in [-0.25, -0.2) is 0 Å². The van der Waals surface area contributed by atoms with Gasteiger partial charge in [0.1, 0.15) is 0 Å². The normalized spacial score (nSPS) is 15.3. The van der Waals surface area contributed by atoms with Gasteiger partial charge in [0.05, 0.1) is 0 Å². The summed E-state index contributed by atoms with van der Waals surface area (Å²) in [7, 11) is 0. The Labute approximate surface area is 89.1 Å². The molecule has 1 nitrogen and oxygen atoms in total. The van der Waals surface area contributed by atoms with Gasteiger partial charge in [0, 0.05) is 12.0 Å². The molecule has 0 atom stereocenters. The number of hydrogen-bond donors (Lipinski definition) is 0. The van der Waals surface area contributed by atoms with Crippen molar-refractivity contribution in [1.82, 2.24) is 0 Å². The Balaban J connectivity index is 2.32. The Kier molecular flexibility index (Phi) is 1.84. The molecular formula is C14H12O. The third kappa shape index (κ3) is 1.27. The van der Waals surface area contributed by atoms with E-state index < -0.39 is 0 Å². The van der Waals surface area contributed by atoms with Crippen molar-refractivity contribution in [2.45, 2.75) is 19.3 Å². The van der Waals surface area contributed by atoms with Crippen LogP contribution in [0.4, 0.5) is 0 Å². The lowest BCUT2D eigenvalue weighted by atomic mass is 9.92. The van der Waals surface area contributed by atoms with E-state index in [0.29, 0.717) is 12.2 Å². The van der Waals surface area contributed by atoms with Crippen LogP contribution in [0.3, 0.4) is 0 Å². The molecule has 0 radical (unpaired) electrons. The average molecular weight is 196 g/mol. The third-order valence-electron chi connectivity index (χ3n) is 3.12. The Morgan fingerprint density at radius 2 is 1.87 bits per heavy atom. The van der Waals surface area contributed by atoms with E-state index in [9.17, 15) is 4.79 Å². The number of aryl methyl sites for hydroxylation is 1. The summed E-state index contributed by atoms with van der Waals surface area (Å²) < 4.78 is 0. The highest BCUT2D eigenvalue weighted by atomic mass is 16.1. The molecule has 0 saturated heterocycles. The molecule has 0 heterocycles. The van der Waals surface area contributed by atoms with Crippen molar-refractivity contribution < 1.29 is 4.79 Å². The van der Waals surface area contributed by atoms with Gasteiger partial charge < -0.3 is 0 Å². The fourth-order valence-corrected chi connectivity index (χ4v) is 2.44. The second-order valence-corrected chi connectivity index (χ2v) is 4.10. The summed E-state index contributed by atoms with van der Waals surface area (Å²) in [5, 5.41) is 0. The summed E-state index contributed by atoms with van der Waals surface area (Å²) in [6, 6.07) is 12.3. The van der Waals surface area contributed by atoms with Gasteiger partial charge in [-0.3, -0.25) is 4.79 Å². The Bertz CT molecular complexity index is 499. The molecule has 0 unspecified atom stereocenters. The van der Waals surface area contributed by atoms with Crippen molar-refractivity contribution in [2.24, 2.45) is 0 Å². The van der Waals surface area contributed by atoms with Crippen molar-refractivity contribution in [1.29, 1.82) is 0 Å². The molecule has 0 fully saturated rings. The lowest BCUT2D eigenvalue weighted by molar-refractivity contribution is 0.0974. The smallest absolute Gasteiger partial charge is 0.163 e. The second-order valence-electron chi connectivity index (χ2n) is 4.10. The number of rotatable bonds is 0. The minimum Gasteiger partial charge on any atom is -0.294 e. The number of hydrogen-bond acceptors (Lipinski definition) is 1. The van der Waals surface area contributed by atoms with Crippen LogP contribution in [0, 0.1) is 0 Å². The van der Waals surface area contributed by atoms with E-state index in [1.165, 1.54) is 11.1 Å². The molecule has 3 rings (SSSR count). The van der Waals surface area contributed by atoms with Crippen LogP contribution in [0.15, 0.2) is 36.4 Å². The number of ketones is 1. The molecule has 74 valence electrons. The fraction of sp³-hybridized carbons (Fsp3) is 0.214. The lowest BCUT2D eigenvalue weighted by Crippen LogP contribution is -2.08. The van der Waals surface area contributed by atoms with Gasteiger partial charge in [0.2, 0.25) is 0 Å². The van der Waals surface area contributed by atoms with Crippen LogP contribution in [0.1, 0.15) is 28.8 Å². The first-order valence-corrected chi connectivity index (χ1v) is 5.40. The monoisotopic (exact) mass is 196 g/mol. The van der Waals surface area contributed by atoms with E-state index in [1.54, 1.807) is 0 Å². The van der Waals surface area contributed by atoms with Crippen LogP contribution in [0.25, 0.3) is 11.1 Å². The fourth-order valence-electron chi connectivity index (χ4n) is 2.44. The predicted molar refractivity (Wildman–Crippen MR) is 60.3 cm³/mol.